The first-order chi connectivity index (χ1) is 9.51. The van der Waals surface area contributed by atoms with Crippen molar-refractivity contribution in [2.75, 3.05) is 12.4 Å². The Kier molecular flexibility index (Phi) is 3.99. The molecule has 0 saturated heterocycles. The largest absolute Gasteiger partial charge is 0.465 e. The highest BCUT2D eigenvalue weighted by Crippen LogP contribution is 2.21. The van der Waals surface area contributed by atoms with E-state index < -0.39 is 11.9 Å². The Labute approximate surface area is 119 Å². The molecular formula is C12H11ClN4O3. The molecule has 0 aliphatic rings. The molecule has 0 fully saturated rings. The number of carbonyl (C=O) groups excluding carboxylic acids is 2. The minimum absolute atomic E-state index is 0.0112. The van der Waals surface area contributed by atoms with Crippen LogP contribution in [-0.4, -0.2) is 34.2 Å². The molecule has 0 aliphatic carbocycles. The molecule has 7 nitrogen and oxygen atoms in total. The predicted octanol–water partition coefficient (Wildman–Crippen LogP) is 1.81. The highest BCUT2D eigenvalue weighted by molar-refractivity contribution is 6.33. The van der Waals surface area contributed by atoms with Crippen LogP contribution in [0.25, 0.3) is 0 Å². The van der Waals surface area contributed by atoms with E-state index in [-0.39, 0.29) is 16.4 Å². The number of amides is 1. The van der Waals surface area contributed by atoms with Gasteiger partial charge in [0.15, 0.2) is 0 Å². The van der Waals surface area contributed by atoms with Crippen LogP contribution in [0.5, 0.6) is 0 Å². The number of aromatic nitrogens is 3. The number of anilines is 1. The average Bonchev–Trinajstić information content (AvgIpc) is 2.87. The molecule has 1 heterocycles. The molecule has 2 N–H and O–H groups in total. The van der Waals surface area contributed by atoms with Crippen molar-refractivity contribution < 1.29 is 14.3 Å². The zero-order chi connectivity index (χ0) is 14.7. The van der Waals surface area contributed by atoms with Gasteiger partial charge in [0.25, 0.3) is 5.91 Å². The van der Waals surface area contributed by atoms with Crippen LogP contribution in [0.15, 0.2) is 18.2 Å². The van der Waals surface area contributed by atoms with Crippen molar-refractivity contribution in [2.24, 2.45) is 0 Å². The molecule has 1 aromatic carbocycles. The number of ether oxygens (including phenoxy) is 1. The summed E-state index contributed by atoms with van der Waals surface area (Å²) in [6.45, 7) is 1.68. The summed E-state index contributed by atoms with van der Waals surface area (Å²) in [6.07, 6.45) is 0. The first-order valence-electron chi connectivity index (χ1n) is 5.59. The van der Waals surface area contributed by atoms with Gasteiger partial charge in [-0.3, -0.25) is 9.89 Å². The summed E-state index contributed by atoms with van der Waals surface area (Å²) in [5.74, 6) is -0.536. The molecule has 0 saturated carbocycles. The van der Waals surface area contributed by atoms with Crippen molar-refractivity contribution in [3.05, 3.63) is 40.4 Å². The van der Waals surface area contributed by atoms with Gasteiger partial charge in [-0.25, -0.2) is 9.78 Å². The Morgan fingerprint density at radius 3 is 2.75 bits per heavy atom. The van der Waals surface area contributed by atoms with Gasteiger partial charge >= 0.3 is 5.97 Å². The number of rotatable bonds is 3. The topological polar surface area (TPSA) is 97.0 Å². The Balaban J connectivity index is 2.22. The molecule has 2 aromatic rings. The van der Waals surface area contributed by atoms with Crippen LogP contribution >= 0.6 is 11.6 Å². The molecule has 0 unspecified atom stereocenters. The monoisotopic (exact) mass is 294 g/mol. The second kappa shape index (κ2) is 5.70. The number of esters is 1. The van der Waals surface area contributed by atoms with E-state index in [1.807, 2.05) is 0 Å². The highest BCUT2D eigenvalue weighted by atomic mass is 35.5. The van der Waals surface area contributed by atoms with Crippen molar-refractivity contribution in [1.29, 1.82) is 0 Å². The maximum absolute atomic E-state index is 11.9. The van der Waals surface area contributed by atoms with Gasteiger partial charge in [0, 0.05) is 5.69 Å². The molecule has 0 atom stereocenters. The Bertz CT molecular complexity index is 668. The van der Waals surface area contributed by atoms with Gasteiger partial charge in [-0.2, -0.15) is 0 Å². The number of hydrogen-bond acceptors (Lipinski definition) is 5. The maximum atomic E-state index is 11.9. The molecule has 0 spiro atoms. The molecule has 0 aliphatic heterocycles. The van der Waals surface area contributed by atoms with E-state index in [1.54, 1.807) is 13.0 Å². The standard InChI is InChI=1S/C12H11ClN4O3/c1-6-14-10(17-16-6)11(18)15-7-3-4-9(13)8(5-7)12(19)20-2/h3-5H,1-2H3,(H,15,18)(H,14,16,17). The van der Waals surface area contributed by atoms with Gasteiger partial charge in [-0.05, 0) is 25.1 Å². The van der Waals surface area contributed by atoms with Crippen LogP contribution in [0.3, 0.4) is 0 Å². The average molecular weight is 295 g/mol. The Morgan fingerprint density at radius 1 is 1.40 bits per heavy atom. The van der Waals surface area contributed by atoms with Crippen LogP contribution in [0.1, 0.15) is 26.8 Å². The van der Waals surface area contributed by atoms with E-state index in [4.69, 9.17) is 11.6 Å². The van der Waals surface area contributed by atoms with Gasteiger partial charge in [0.1, 0.15) is 5.82 Å². The van der Waals surface area contributed by atoms with Crippen LogP contribution < -0.4 is 5.32 Å². The number of nitrogens with zero attached hydrogens (tertiary/aromatic N) is 2. The second-order valence-electron chi connectivity index (χ2n) is 3.88. The number of H-pyrrole nitrogens is 1. The number of nitrogens with one attached hydrogen (secondary N) is 2. The molecule has 8 heteroatoms. The minimum Gasteiger partial charge on any atom is -0.465 e. The highest BCUT2D eigenvalue weighted by Gasteiger charge is 2.15. The summed E-state index contributed by atoms with van der Waals surface area (Å²) >= 11 is 5.88. The van der Waals surface area contributed by atoms with Gasteiger partial charge in [0.05, 0.1) is 17.7 Å². The quantitative estimate of drug-likeness (QED) is 0.841. The van der Waals surface area contributed by atoms with Crippen molar-refractivity contribution in [1.82, 2.24) is 15.2 Å². The molecule has 20 heavy (non-hydrogen) atoms. The van der Waals surface area contributed by atoms with Crippen molar-refractivity contribution in [3.63, 3.8) is 0 Å². The number of benzene rings is 1. The van der Waals surface area contributed by atoms with Crippen molar-refractivity contribution in [3.8, 4) is 0 Å². The summed E-state index contributed by atoms with van der Waals surface area (Å²) < 4.78 is 4.60. The molecular weight excluding hydrogens is 284 g/mol. The molecule has 1 aromatic heterocycles. The third-order valence-electron chi connectivity index (χ3n) is 2.43. The lowest BCUT2D eigenvalue weighted by Crippen LogP contribution is -2.14. The first kappa shape index (κ1) is 14.0. The fourth-order valence-electron chi connectivity index (χ4n) is 1.50. The summed E-state index contributed by atoms with van der Waals surface area (Å²) in [6, 6.07) is 4.48. The lowest BCUT2D eigenvalue weighted by Gasteiger charge is -2.06. The number of halogens is 1. The fraction of sp³-hybridized carbons (Fsp3) is 0.167. The van der Waals surface area contributed by atoms with E-state index in [1.165, 1.54) is 19.2 Å². The third kappa shape index (κ3) is 2.94. The van der Waals surface area contributed by atoms with E-state index >= 15 is 0 Å². The van der Waals surface area contributed by atoms with Gasteiger partial charge < -0.3 is 10.1 Å². The van der Waals surface area contributed by atoms with E-state index in [2.05, 4.69) is 25.2 Å². The smallest absolute Gasteiger partial charge is 0.339 e. The predicted molar refractivity (Wildman–Crippen MR) is 71.9 cm³/mol. The number of methoxy groups -OCH3 is 1. The molecule has 0 bridgehead atoms. The summed E-state index contributed by atoms with van der Waals surface area (Å²) in [5.41, 5.74) is 0.556. The third-order valence-corrected chi connectivity index (χ3v) is 2.76. The van der Waals surface area contributed by atoms with Crippen LogP contribution in [0, 0.1) is 6.92 Å². The van der Waals surface area contributed by atoms with Crippen LogP contribution in [0.4, 0.5) is 5.69 Å². The number of carbonyl (C=O) groups is 2. The lowest BCUT2D eigenvalue weighted by molar-refractivity contribution is 0.0600. The SMILES string of the molecule is COC(=O)c1cc(NC(=O)c2n[nH]c(C)n2)ccc1Cl. The Hall–Kier alpha value is -2.41. The number of hydrogen-bond donors (Lipinski definition) is 2. The Morgan fingerprint density at radius 2 is 2.15 bits per heavy atom. The van der Waals surface area contributed by atoms with Gasteiger partial charge in [-0.1, -0.05) is 11.6 Å². The van der Waals surface area contributed by atoms with Gasteiger partial charge in [-0.15, -0.1) is 5.10 Å². The summed E-state index contributed by atoms with van der Waals surface area (Å²) in [5, 5.41) is 9.11. The lowest BCUT2D eigenvalue weighted by atomic mass is 10.2. The normalized spacial score (nSPS) is 10.2. The second-order valence-corrected chi connectivity index (χ2v) is 4.29. The molecule has 2 rings (SSSR count). The summed E-state index contributed by atoms with van der Waals surface area (Å²) in [4.78, 5) is 27.3. The fourth-order valence-corrected chi connectivity index (χ4v) is 1.70. The van der Waals surface area contributed by atoms with E-state index in [0.717, 1.165) is 0 Å². The van der Waals surface area contributed by atoms with E-state index in [0.29, 0.717) is 11.5 Å². The number of aryl methyl sites for hydroxylation is 1. The van der Waals surface area contributed by atoms with Gasteiger partial charge in [0.2, 0.25) is 5.82 Å². The number of aromatic amines is 1. The minimum atomic E-state index is -0.583. The zero-order valence-electron chi connectivity index (χ0n) is 10.7. The van der Waals surface area contributed by atoms with Crippen LogP contribution in [-0.2, 0) is 4.74 Å². The van der Waals surface area contributed by atoms with E-state index in [9.17, 15) is 9.59 Å². The van der Waals surface area contributed by atoms with Crippen molar-refractivity contribution >= 4 is 29.2 Å². The maximum Gasteiger partial charge on any atom is 0.339 e. The molecule has 104 valence electrons. The van der Waals surface area contributed by atoms with Crippen molar-refractivity contribution in [2.45, 2.75) is 6.92 Å². The van der Waals surface area contributed by atoms with Crippen LogP contribution in [0.2, 0.25) is 5.02 Å². The first-order valence-corrected chi connectivity index (χ1v) is 5.97. The summed E-state index contributed by atoms with van der Waals surface area (Å²) in [7, 11) is 1.25. The molecule has 0 radical (unpaired) electrons. The molecule has 1 amide bonds. The zero-order valence-corrected chi connectivity index (χ0v) is 11.5.